The third kappa shape index (κ3) is 3.87. The lowest BCUT2D eigenvalue weighted by atomic mass is 9.97. The van der Waals surface area contributed by atoms with Crippen LogP contribution in [0, 0.1) is 5.92 Å². The van der Waals surface area contributed by atoms with Crippen LogP contribution in [0.5, 0.6) is 0 Å². The van der Waals surface area contributed by atoms with Crippen molar-refractivity contribution in [3.8, 4) is 0 Å². The van der Waals surface area contributed by atoms with Crippen LogP contribution in [0.25, 0.3) is 0 Å². The third-order valence-electron chi connectivity index (χ3n) is 2.93. The SMILES string of the molecule is Cl.O=C(O)[C@@H]1C[C@@H](Cc2cccc(Cl)c2)CN1. The summed E-state index contributed by atoms with van der Waals surface area (Å²) in [4.78, 5) is 10.8. The Hall–Kier alpha value is -0.770. The first-order valence-corrected chi connectivity index (χ1v) is 5.73. The molecule has 5 heteroatoms. The molecule has 0 bridgehead atoms. The van der Waals surface area contributed by atoms with Crippen molar-refractivity contribution in [1.29, 1.82) is 0 Å². The van der Waals surface area contributed by atoms with Crippen molar-refractivity contribution >= 4 is 30.0 Å². The Balaban J connectivity index is 0.00000144. The molecule has 1 aliphatic heterocycles. The van der Waals surface area contributed by atoms with Crippen LogP contribution in [-0.4, -0.2) is 23.7 Å². The second-order valence-corrected chi connectivity index (χ2v) is 4.67. The Morgan fingerprint density at radius 2 is 2.29 bits per heavy atom. The fourth-order valence-electron chi connectivity index (χ4n) is 2.15. The van der Waals surface area contributed by atoms with Crippen LogP contribution in [0.2, 0.25) is 5.02 Å². The van der Waals surface area contributed by atoms with E-state index in [1.807, 2.05) is 24.3 Å². The first kappa shape index (κ1) is 14.3. The van der Waals surface area contributed by atoms with Gasteiger partial charge in [-0.2, -0.15) is 0 Å². The summed E-state index contributed by atoms with van der Waals surface area (Å²) in [5, 5.41) is 12.6. The van der Waals surface area contributed by atoms with Gasteiger partial charge in [0.2, 0.25) is 0 Å². The van der Waals surface area contributed by atoms with Crippen LogP contribution in [0.3, 0.4) is 0 Å². The van der Waals surface area contributed by atoms with Gasteiger partial charge in [0.15, 0.2) is 0 Å². The van der Waals surface area contributed by atoms with Crippen LogP contribution in [-0.2, 0) is 11.2 Å². The van der Waals surface area contributed by atoms with Crippen LogP contribution in [0.4, 0.5) is 0 Å². The van der Waals surface area contributed by atoms with Gasteiger partial charge in [0, 0.05) is 5.02 Å². The van der Waals surface area contributed by atoms with Crippen LogP contribution in [0.15, 0.2) is 24.3 Å². The molecule has 0 radical (unpaired) electrons. The van der Waals surface area contributed by atoms with E-state index >= 15 is 0 Å². The van der Waals surface area contributed by atoms with Gasteiger partial charge in [0.05, 0.1) is 0 Å². The van der Waals surface area contributed by atoms with Gasteiger partial charge in [-0.15, -0.1) is 12.4 Å². The van der Waals surface area contributed by atoms with E-state index < -0.39 is 5.97 Å². The number of benzene rings is 1. The maximum Gasteiger partial charge on any atom is 0.320 e. The molecule has 2 atom stereocenters. The van der Waals surface area contributed by atoms with Crippen molar-refractivity contribution in [3.63, 3.8) is 0 Å². The fraction of sp³-hybridized carbons (Fsp3) is 0.417. The highest BCUT2D eigenvalue weighted by atomic mass is 35.5. The van der Waals surface area contributed by atoms with Gasteiger partial charge < -0.3 is 10.4 Å². The molecule has 0 aliphatic carbocycles. The quantitative estimate of drug-likeness (QED) is 0.891. The van der Waals surface area contributed by atoms with Gasteiger partial charge in [0.25, 0.3) is 0 Å². The molecule has 1 saturated heterocycles. The second kappa shape index (κ2) is 6.24. The highest BCUT2D eigenvalue weighted by molar-refractivity contribution is 6.30. The minimum Gasteiger partial charge on any atom is -0.480 e. The monoisotopic (exact) mass is 275 g/mol. The summed E-state index contributed by atoms with van der Waals surface area (Å²) in [5.41, 5.74) is 1.17. The summed E-state index contributed by atoms with van der Waals surface area (Å²) in [7, 11) is 0. The summed E-state index contributed by atoms with van der Waals surface area (Å²) in [6, 6.07) is 7.35. The van der Waals surface area contributed by atoms with Gasteiger partial charge in [-0.3, -0.25) is 4.79 Å². The number of aliphatic carboxylic acids is 1. The van der Waals surface area contributed by atoms with Crippen LogP contribution in [0.1, 0.15) is 12.0 Å². The molecule has 1 fully saturated rings. The lowest BCUT2D eigenvalue weighted by Gasteiger charge is -2.08. The van der Waals surface area contributed by atoms with Gasteiger partial charge in [-0.25, -0.2) is 0 Å². The first-order valence-electron chi connectivity index (χ1n) is 5.36. The Kier molecular flexibility index (Phi) is 5.25. The summed E-state index contributed by atoms with van der Waals surface area (Å²) >= 11 is 5.90. The van der Waals surface area contributed by atoms with E-state index in [2.05, 4.69) is 5.32 Å². The second-order valence-electron chi connectivity index (χ2n) is 4.23. The molecule has 0 unspecified atom stereocenters. The van der Waals surface area contributed by atoms with Crippen molar-refractivity contribution in [2.75, 3.05) is 6.54 Å². The zero-order chi connectivity index (χ0) is 11.5. The van der Waals surface area contributed by atoms with Gasteiger partial charge in [-0.05, 0) is 43.0 Å². The molecule has 0 aromatic heterocycles. The smallest absolute Gasteiger partial charge is 0.320 e. The largest absolute Gasteiger partial charge is 0.480 e. The number of carboxylic acid groups (broad SMARTS) is 1. The topological polar surface area (TPSA) is 49.3 Å². The predicted molar refractivity (Wildman–Crippen MR) is 69.9 cm³/mol. The molecular weight excluding hydrogens is 261 g/mol. The van der Waals surface area contributed by atoms with E-state index in [0.717, 1.165) is 18.0 Å². The number of carbonyl (C=O) groups is 1. The predicted octanol–water partition coefficient (Wildman–Crippen LogP) is 2.37. The van der Waals surface area contributed by atoms with Gasteiger partial charge >= 0.3 is 5.97 Å². The lowest BCUT2D eigenvalue weighted by Crippen LogP contribution is -2.29. The lowest BCUT2D eigenvalue weighted by molar-refractivity contribution is -0.139. The third-order valence-corrected chi connectivity index (χ3v) is 3.17. The Labute approximate surface area is 112 Å². The number of hydrogen-bond donors (Lipinski definition) is 2. The van der Waals surface area contributed by atoms with Crippen molar-refractivity contribution < 1.29 is 9.90 Å². The van der Waals surface area contributed by atoms with Crippen molar-refractivity contribution in [2.24, 2.45) is 5.92 Å². The number of halogens is 2. The zero-order valence-corrected chi connectivity index (χ0v) is 10.8. The van der Waals surface area contributed by atoms with E-state index in [9.17, 15) is 4.79 Å². The van der Waals surface area contributed by atoms with E-state index in [1.54, 1.807) is 0 Å². The average Bonchev–Trinajstić information content (AvgIpc) is 2.66. The molecule has 0 saturated carbocycles. The zero-order valence-electron chi connectivity index (χ0n) is 9.23. The van der Waals surface area contributed by atoms with Crippen molar-refractivity contribution in [3.05, 3.63) is 34.9 Å². The fourth-order valence-corrected chi connectivity index (χ4v) is 2.36. The summed E-state index contributed by atoms with van der Waals surface area (Å²) < 4.78 is 0. The van der Waals surface area contributed by atoms with E-state index in [4.69, 9.17) is 16.7 Å². The number of hydrogen-bond acceptors (Lipinski definition) is 2. The minimum absolute atomic E-state index is 0. The average molecular weight is 276 g/mol. The molecule has 94 valence electrons. The normalized spacial score (nSPS) is 23.1. The van der Waals surface area contributed by atoms with E-state index in [1.165, 1.54) is 5.56 Å². The van der Waals surface area contributed by atoms with Gasteiger partial charge in [-0.1, -0.05) is 23.7 Å². The molecule has 2 rings (SSSR count). The maximum atomic E-state index is 10.8. The molecule has 17 heavy (non-hydrogen) atoms. The Bertz CT molecular complexity index is 398. The minimum atomic E-state index is -0.756. The van der Waals surface area contributed by atoms with E-state index in [-0.39, 0.29) is 18.4 Å². The Morgan fingerprint density at radius 3 is 2.88 bits per heavy atom. The number of carboxylic acids is 1. The first-order chi connectivity index (χ1) is 7.65. The molecule has 0 spiro atoms. The molecule has 1 aromatic carbocycles. The molecule has 1 aliphatic rings. The van der Waals surface area contributed by atoms with E-state index in [0.29, 0.717) is 12.3 Å². The molecule has 0 amide bonds. The van der Waals surface area contributed by atoms with Crippen LogP contribution < -0.4 is 5.32 Å². The number of nitrogens with one attached hydrogen (secondary N) is 1. The highest BCUT2D eigenvalue weighted by Crippen LogP contribution is 2.21. The van der Waals surface area contributed by atoms with Crippen molar-refractivity contribution in [1.82, 2.24) is 5.32 Å². The number of rotatable bonds is 3. The molecule has 2 N–H and O–H groups in total. The van der Waals surface area contributed by atoms with Gasteiger partial charge in [0.1, 0.15) is 6.04 Å². The summed E-state index contributed by atoms with van der Waals surface area (Å²) in [6.45, 7) is 0.767. The van der Waals surface area contributed by atoms with Crippen molar-refractivity contribution in [2.45, 2.75) is 18.9 Å². The Morgan fingerprint density at radius 1 is 1.53 bits per heavy atom. The highest BCUT2D eigenvalue weighted by Gasteiger charge is 2.28. The van der Waals surface area contributed by atoms with Crippen LogP contribution >= 0.6 is 24.0 Å². The summed E-state index contributed by atoms with van der Waals surface area (Å²) in [6.07, 6.45) is 1.58. The molecule has 1 heterocycles. The molecule has 1 aromatic rings. The molecule has 3 nitrogen and oxygen atoms in total. The summed E-state index contributed by atoms with van der Waals surface area (Å²) in [5.74, 6) is -0.367. The maximum absolute atomic E-state index is 10.8. The molecular formula is C12H15Cl2NO2. The standard InChI is InChI=1S/C12H14ClNO2.ClH/c13-10-3-1-2-8(5-10)4-9-6-11(12(15)16)14-7-9;/h1-3,5,9,11,14H,4,6-7H2,(H,15,16);1H/t9-,11+;/m1./s1.